The van der Waals surface area contributed by atoms with Crippen LogP contribution in [0.1, 0.15) is 19.4 Å². The molecule has 0 aliphatic rings. The van der Waals surface area contributed by atoms with Crippen LogP contribution in [0.5, 0.6) is 0 Å². The lowest BCUT2D eigenvalue weighted by Crippen LogP contribution is -2.29. The summed E-state index contributed by atoms with van der Waals surface area (Å²) in [7, 11) is 0. The summed E-state index contributed by atoms with van der Waals surface area (Å²) >= 11 is 6.22. The van der Waals surface area contributed by atoms with Crippen LogP contribution in [-0.4, -0.2) is 37.1 Å². The van der Waals surface area contributed by atoms with Crippen LogP contribution in [0.4, 0.5) is 5.82 Å². The van der Waals surface area contributed by atoms with Crippen molar-refractivity contribution >= 4 is 23.3 Å². The Kier molecular flexibility index (Phi) is 5.88. The van der Waals surface area contributed by atoms with E-state index in [0.29, 0.717) is 36.2 Å². The Hall–Kier alpha value is -1.33. The van der Waals surface area contributed by atoms with Gasteiger partial charge in [0.15, 0.2) is 0 Å². The van der Waals surface area contributed by atoms with Crippen LogP contribution in [0.3, 0.4) is 0 Å². The van der Waals surface area contributed by atoms with Gasteiger partial charge in [-0.05, 0) is 19.9 Å². The molecule has 1 rings (SSSR count). The lowest BCUT2D eigenvalue weighted by Gasteiger charge is -2.23. The van der Waals surface area contributed by atoms with E-state index in [1.165, 1.54) is 0 Å². The van der Waals surface area contributed by atoms with E-state index < -0.39 is 0 Å². The van der Waals surface area contributed by atoms with Gasteiger partial charge in [0.1, 0.15) is 11.7 Å². The number of pyridine rings is 1. The summed E-state index contributed by atoms with van der Waals surface area (Å²) in [5.41, 5.74) is 5.99. The molecule has 0 aliphatic heterocycles. The van der Waals surface area contributed by atoms with Crippen molar-refractivity contribution in [2.24, 2.45) is 5.73 Å². The summed E-state index contributed by atoms with van der Waals surface area (Å²) in [6.45, 7) is 6.75. The maximum atomic E-state index is 7.46. The number of hydrogen-bond donors (Lipinski definition) is 2. The van der Waals surface area contributed by atoms with Gasteiger partial charge in [-0.25, -0.2) is 4.98 Å². The monoisotopic (exact) mass is 270 g/mol. The van der Waals surface area contributed by atoms with E-state index in [1.54, 1.807) is 12.3 Å². The second-order valence-electron chi connectivity index (χ2n) is 3.69. The standard InChI is InChI=1S/C12H19ClN4O/c1-3-17(7-8-18-4-2)12-10(13)9(11(14)15)5-6-16-12/h5-6H,3-4,7-8H2,1-2H3,(H3,14,15). The molecule has 1 heterocycles. The summed E-state index contributed by atoms with van der Waals surface area (Å²) < 4.78 is 5.33. The lowest BCUT2D eigenvalue weighted by molar-refractivity contribution is 0.154. The van der Waals surface area contributed by atoms with Crippen molar-refractivity contribution < 1.29 is 4.74 Å². The number of nitrogens with one attached hydrogen (secondary N) is 1. The number of hydrogen-bond acceptors (Lipinski definition) is 4. The van der Waals surface area contributed by atoms with Crippen LogP contribution in [0.25, 0.3) is 0 Å². The summed E-state index contributed by atoms with van der Waals surface area (Å²) in [6, 6.07) is 1.64. The first-order valence-electron chi connectivity index (χ1n) is 5.93. The zero-order chi connectivity index (χ0) is 13.5. The van der Waals surface area contributed by atoms with Gasteiger partial charge in [0, 0.05) is 31.5 Å². The van der Waals surface area contributed by atoms with Crippen LogP contribution < -0.4 is 10.6 Å². The van der Waals surface area contributed by atoms with Crippen molar-refractivity contribution in [2.45, 2.75) is 13.8 Å². The third-order valence-corrected chi connectivity index (χ3v) is 2.92. The second kappa shape index (κ2) is 7.18. The minimum atomic E-state index is -0.0514. The fourth-order valence-electron chi connectivity index (χ4n) is 1.59. The Bertz CT molecular complexity index is 411. The Morgan fingerprint density at radius 1 is 1.56 bits per heavy atom. The second-order valence-corrected chi connectivity index (χ2v) is 4.06. The number of likely N-dealkylation sites (N-methyl/N-ethyl adjacent to an activating group) is 1. The van der Waals surface area contributed by atoms with Gasteiger partial charge in [-0.2, -0.15) is 0 Å². The van der Waals surface area contributed by atoms with E-state index in [1.807, 2.05) is 18.7 Å². The molecule has 0 fully saturated rings. The minimum Gasteiger partial charge on any atom is -0.384 e. The largest absolute Gasteiger partial charge is 0.384 e. The first-order chi connectivity index (χ1) is 8.61. The molecular weight excluding hydrogens is 252 g/mol. The Labute approximate surface area is 112 Å². The third kappa shape index (κ3) is 3.58. The Balaban J connectivity index is 2.92. The van der Waals surface area contributed by atoms with Gasteiger partial charge in [-0.1, -0.05) is 11.6 Å². The maximum Gasteiger partial charge on any atom is 0.148 e. The molecule has 0 amide bonds. The van der Waals surface area contributed by atoms with Gasteiger partial charge in [0.25, 0.3) is 0 Å². The first kappa shape index (κ1) is 14.7. The fourth-order valence-corrected chi connectivity index (χ4v) is 1.93. The molecule has 1 aromatic rings. The Morgan fingerprint density at radius 3 is 2.83 bits per heavy atom. The van der Waals surface area contributed by atoms with Gasteiger partial charge in [-0.3, -0.25) is 5.41 Å². The molecule has 0 atom stereocenters. The van der Waals surface area contributed by atoms with Crippen molar-refractivity contribution in [3.05, 3.63) is 22.8 Å². The normalized spacial score (nSPS) is 10.4. The Morgan fingerprint density at radius 2 is 2.28 bits per heavy atom. The van der Waals surface area contributed by atoms with Gasteiger partial charge >= 0.3 is 0 Å². The smallest absolute Gasteiger partial charge is 0.148 e. The van der Waals surface area contributed by atoms with E-state index in [0.717, 1.165) is 6.54 Å². The van der Waals surface area contributed by atoms with E-state index >= 15 is 0 Å². The lowest BCUT2D eigenvalue weighted by atomic mass is 10.2. The molecule has 5 nitrogen and oxygen atoms in total. The highest BCUT2D eigenvalue weighted by Crippen LogP contribution is 2.26. The van der Waals surface area contributed by atoms with E-state index in [4.69, 9.17) is 27.5 Å². The topological polar surface area (TPSA) is 75.2 Å². The molecule has 0 bridgehead atoms. The molecule has 0 spiro atoms. The molecule has 0 radical (unpaired) electrons. The molecule has 1 aromatic heterocycles. The molecule has 100 valence electrons. The number of nitrogens with zero attached hydrogens (tertiary/aromatic N) is 2. The quantitative estimate of drug-likeness (QED) is 0.451. The maximum absolute atomic E-state index is 7.46. The summed E-state index contributed by atoms with van der Waals surface area (Å²) in [6.07, 6.45) is 1.61. The molecular formula is C12H19ClN4O. The summed E-state index contributed by atoms with van der Waals surface area (Å²) in [5, 5.41) is 7.88. The SMILES string of the molecule is CCOCCN(CC)c1nccc(C(=N)N)c1Cl. The van der Waals surface area contributed by atoms with Gasteiger partial charge < -0.3 is 15.4 Å². The highest BCUT2D eigenvalue weighted by atomic mass is 35.5. The van der Waals surface area contributed by atoms with Gasteiger partial charge in [0.2, 0.25) is 0 Å². The number of halogens is 1. The molecule has 0 aliphatic carbocycles. The van der Waals surface area contributed by atoms with E-state index in [9.17, 15) is 0 Å². The van der Waals surface area contributed by atoms with Crippen LogP contribution in [0.2, 0.25) is 5.02 Å². The van der Waals surface area contributed by atoms with Crippen molar-refractivity contribution in [2.75, 3.05) is 31.2 Å². The number of amidine groups is 1. The van der Waals surface area contributed by atoms with Crippen molar-refractivity contribution in [3.63, 3.8) is 0 Å². The molecule has 18 heavy (non-hydrogen) atoms. The van der Waals surface area contributed by atoms with Crippen LogP contribution in [-0.2, 0) is 4.74 Å². The highest BCUT2D eigenvalue weighted by molar-refractivity contribution is 6.36. The molecule has 0 saturated heterocycles. The molecule has 0 aromatic carbocycles. The predicted octanol–water partition coefficient (Wildman–Crippen LogP) is 1.88. The van der Waals surface area contributed by atoms with Crippen LogP contribution in [0, 0.1) is 5.41 Å². The third-order valence-electron chi connectivity index (χ3n) is 2.55. The zero-order valence-electron chi connectivity index (χ0n) is 10.7. The van der Waals surface area contributed by atoms with Crippen LogP contribution in [0.15, 0.2) is 12.3 Å². The van der Waals surface area contributed by atoms with Crippen molar-refractivity contribution in [3.8, 4) is 0 Å². The minimum absolute atomic E-state index is 0.0514. The van der Waals surface area contributed by atoms with Gasteiger partial charge in [-0.15, -0.1) is 0 Å². The fraction of sp³-hybridized carbons (Fsp3) is 0.500. The van der Waals surface area contributed by atoms with E-state index in [2.05, 4.69) is 4.98 Å². The van der Waals surface area contributed by atoms with Gasteiger partial charge in [0.05, 0.1) is 11.6 Å². The zero-order valence-corrected chi connectivity index (χ0v) is 11.5. The van der Waals surface area contributed by atoms with E-state index in [-0.39, 0.29) is 5.84 Å². The average Bonchev–Trinajstić information content (AvgIpc) is 2.35. The first-order valence-corrected chi connectivity index (χ1v) is 6.31. The van der Waals surface area contributed by atoms with Crippen molar-refractivity contribution in [1.82, 2.24) is 4.98 Å². The predicted molar refractivity (Wildman–Crippen MR) is 74.6 cm³/mol. The summed E-state index contributed by atoms with van der Waals surface area (Å²) in [4.78, 5) is 6.26. The number of ether oxygens (including phenoxy) is 1. The number of aromatic nitrogens is 1. The molecule has 3 N–H and O–H groups in total. The number of nitrogens with two attached hydrogens (primary N) is 1. The molecule has 0 unspecified atom stereocenters. The molecule has 0 saturated carbocycles. The summed E-state index contributed by atoms with van der Waals surface area (Å²) in [5.74, 6) is 0.594. The van der Waals surface area contributed by atoms with Crippen LogP contribution >= 0.6 is 11.6 Å². The molecule has 6 heteroatoms. The number of rotatable bonds is 7. The van der Waals surface area contributed by atoms with Crippen molar-refractivity contribution in [1.29, 1.82) is 5.41 Å². The highest BCUT2D eigenvalue weighted by Gasteiger charge is 2.14. The number of anilines is 1. The average molecular weight is 271 g/mol. The number of nitrogen functional groups attached to an aromatic ring is 1.